The average Bonchev–Trinajstić information content (AvgIpc) is 2.69. The summed E-state index contributed by atoms with van der Waals surface area (Å²) >= 11 is 0. The van der Waals surface area contributed by atoms with Gasteiger partial charge in [-0.15, -0.1) is 0 Å². The Morgan fingerprint density at radius 1 is 1.15 bits per heavy atom. The second-order valence-electron chi connectivity index (χ2n) is 7.19. The summed E-state index contributed by atoms with van der Waals surface area (Å²) in [6.45, 7) is 6.21. The maximum Gasteiger partial charge on any atom is 0.369 e. The number of nitrogens with zero attached hydrogens (tertiary/aromatic N) is 2. The second kappa shape index (κ2) is 8.58. The number of carboxylic acids is 1. The van der Waals surface area contributed by atoms with Crippen molar-refractivity contribution >= 4 is 12.0 Å². The second-order valence-corrected chi connectivity index (χ2v) is 7.19. The number of piperazine rings is 1. The number of carbonyl (C=O) groups is 2. The van der Waals surface area contributed by atoms with E-state index < -0.39 is 17.7 Å². The summed E-state index contributed by atoms with van der Waals surface area (Å²) in [5.41, 5.74) is -1.83. The lowest BCUT2D eigenvalue weighted by molar-refractivity contribution is -0.155. The van der Waals surface area contributed by atoms with Crippen molar-refractivity contribution < 1.29 is 19.4 Å². The van der Waals surface area contributed by atoms with Crippen LogP contribution in [0.1, 0.15) is 19.8 Å². The van der Waals surface area contributed by atoms with Crippen LogP contribution in [0.5, 0.6) is 5.75 Å². The number of hydrogen-bond donors (Lipinski definition) is 3. The molecule has 0 aliphatic carbocycles. The Bertz CT molecular complexity index is 642. The Balaban J connectivity index is 1.56. The van der Waals surface area contributed by atoms with E-state index in [-0.39, 0.29) is 0 Å². The van der Waals surface area contributed by atoms with Crippen LogP contribution in [0.25, 0.3) is 0 Å². The first kappa shape index (κ1) is 19.4. The third-order valence-electron chi connectivity index (χ3n) is 5.25. The SMILES string of the molecule is CC(NC(=O)N1CCN(C2CCNCC2)CC1)(Oc1ccccc1)C(=O)O. The van der Waals surface area contributed by atoms with Crippen LogP contribution in [-0.4, -0.2) is 77.9 Å². The van der Waals surface area contributed by atoms with Gasteiger partial charge in [-0.05, 0) is 38.1 Å². The standard InChI is InChI=1S/C19H28N4O4/c1-19(17(24)25,27-16-5-3-2-4-6-16)21-18(26)23-13-11-22(12-14-23)15-7-9-20-10-8-15/h2-6,15,20H,7-14H2,1H3,(H,21,26)(H,24,25). The van der Waals surface area contributed by atoms with E-state index in [4.69, 9.17) is 4.74 Å². The number of hydrogen-bond acceptors (Lipinski definition) is 5. The van der Waals surface area contributed by atoms with Gasteiger partial charge in [0, 0.05) is 39.1 Å². The number of para-hydroxylation sites is 1. The van der Waals surface area contributed by atoms with E-state index in [1.807, 2.05) is 6.07 Å². The monoisotopic (exact) mass is 376 g/mol. The first-order chi connectivity index (χ1) is 13.0. The number of nitrogens with one attached hydrogen (secondary N) is 2. The molecule has 2 heterocycles. The Hall–Kier alpha value is -2.32. The Labute approximate surface area is 159 Å². The Morgan fingerprint density at radius 2 is 1.78 bits per heavy atom. The molecular formula is C19H28N4O4. The van der Waals surface area contributed by atoms with Gasteiger partial charge >= 0.3 is 12.0 Å². The lowest BCUT2D eigenvalue weighted by Crippen LogP contribution is -2.62. The summed E-state index contributed by atoms with van der Waals surface area (Å²) in [4.78, 5) is 28.5. The normalized spacial score (nSPS) is 21.3. The van der Waals surface area contributed by atoms with Crippen LogP contribution < -0.4 is 15.4 Å². The molecule has 3 N–H and O–H groups in total. The van der Waals surface area contributed by atoms with Crippen molar-refractivity contribution in [2.24, 2.45) is 0 Å². The zero-order valence-electron chi connectivity index (χ0n) is 15.7. The van der Waals surface area contributed by atoms with Crippen molar-refractivity contribution in [2.75, 3.05) is 39.3 Å². The molecule has 2 saturated heterocycles. The highest BCUT2D eigenvalue weighted by Crippen LogP contribution is 2.18. The molecule has 148 valence electrons. The van der Waals surface area contributed by atoms with Crippen molar-refractivity contribution in [3.8, 4) is 5.75 Å². The first-order valence-electron chi connectivity index (χ1n) is 9.47. The maximum atomic E-state index is 12.6. The molecule has 0 spiro atoms. The van der Waals surface area contributed by atoms with E-state index in [1.165, 1.54) is 6.92 Å². The molecule has 1 aromatic rings. The van der Waals surface area contributed by atoms with E-state index in [0.29, 0.717) is 24.9 Å². The molecule has 8 heteroatoms. The van der Waals surface area contributed by atoms with Gasteiger partial charge in [-0.2, -0.15) is 0 Å². The molecule has 2 fully saturated rings. The maximum absolute atomic E-state index is 12.6. The van der Waals surface area contributed by atoms with Crippen LogP contribution in [0.3, 0.4) is 0 Å². The van der Waals surface area contributed by atoms with Gasteiger partial charge in [-0.1, -0.05) is 18.2 Å². The molecule has 0 bridgehead atoms. The summed E-state index contributed by atoms with van der Waals surface area (Å²) in [5.74, 6) is -0.855. The van der Waals surface area contributed by atoms with Gasteiger partial charge in [0.25, 0.3) is 5.72 Å². The third kappa shape index (κ3) is 4.90. The predicted octanol–water partition coefficient (Wildman–Crippen LogP) is 0.945. The van der Waals surface area contributed by atoms with Gasteiger partial charge in [-0.3, -0.25) is 10.2 Å². The minimum absolute atomic E-state index is 0.387. The zero-order chi connectivity index (χ0) is 19.3. The summed E-state index contributed by atoms with van der Waals surface area (Å²) in [7, 11) is 0. The van der Waals surface area contributed by atoms with Gasteiger partial charge < -0.3 is 20.1 Å². The molecule has 8 nitrogen and oxygen atoms in total. The van der Waals surface area contributed by atoms with Gasteiger partial charge in [0.2, 0.25) is 0 Å². The number of rotatable bonds is 5. The quantitative estimate of drug-likeness (QED) is 0.663. The van der Waals surface area contributed by atoms with Crippen molar-refractivity contribution in [1.29, 1.82) is 0 Å². The molecule has 0 saturated carbocycles. The van der Waals surface area contributed by atoms with E-state index in [1.54, 1.807) is 29.2 Å². The molecule has 1 unspecified atom stereocenters. The molecule has 27 heavy (non-hydrogen) atoms. The highest BCUT2D eigenvalue weighted by Gasteiger charge is 2.39. The Kier molecular flexibility index (Phi) is 6.18. The first-order valence-corrected chi connectivity index (χ1v) is 9.47. The third-order valence-corrected chi connectivity index (χ3v) is 5.25. The van der Waals surface area contributed by atoms with Crippen molar-refractivity contribution in [3.05, 3.63) is 30.3 Å². The summed E-state index contributed by atoms with van der Waals surface area (Å²) in [6.07, 6.45) is 2.27. The highest BCUT2D eigenvalue weighted by atomic mass is 16.5. The zero-order valence-corrected chi connectivity index (χ0v) is 15.7. The molecule has 1 aromatic carbocycles. The van der Waals surface area contributed by atoms with E-state index >= 15 is 0 Å². The number of aliphatic carboxylic acids is 1. The lowest BCUT2D eigenvalue weighted by atomic mass is 10.0. The van der Waals surface area contributed by atoms with Crippen molar-refractivity contribution in [2.45, 2.75) is 31.5 Å². The molecule has 2 aliphatic rings. The smallest absolute Gasteiger partial charge is 0.369 e. The fourth-order valence-corrected chi connectivity index (χ4v) is 3.59. The van der Waals surface area contributed by atoms with E-state index in [2.05, 4.69) is 15.5 Å². The van der Waals surface area contributed by atoms with Crippen molar-refractivity contribution in [3.63, 3.8) is 0 Å². The van der Waals surface area contributed by atoms with Gasteiger partial charge in [0.15, 0.2) is 0 Å². The fourth-order valence-electron chi connectivity index (χ4n) is 3.59. The van der Waals surface area contributed by atoms with Crippen LogP contribution in [0.2, 0.25) is 0 Å². The highest BCUT2D eigenvalue weighted by molar-refractivity contribution is 5.85. The molecule has 2 aliphatic heterocycles. The molecule has 1 atom stereocenters. The minimum atomic E-state index is -1.83. The topological polar surface area (TPSA) is 94.1 Å². The number of carboxylic acid groups (broad SMARTS) is 1. The average molecular weight is 376 g/mol. The van der Waals surface area contributed by atoms with E-state index in [0.717, 1.165) is 39.0 Å². The molecule has 0 radical (unpaired) electrons. The fraction of sp³-hybridized carbons (Fsp3) is 0.579. The van der Waals surface area contributed by atoms with Crippen LogP contribution in [-0.2, 0) is 4.79 Å². The number of amides is 2. The molecule has 2 amide bonds. The number of piperidine rings is 1. The van der Waals surface area contributed by atoms with Crippen LogP contribution >= 0.6 is 0 Å². The van der Waals surface area contributed by atoms with E-state index in [9.17, 15) is 14.7 Å². The largest absolute Gasteiger partial charge is 0.477 e. The number of carbonyl (C=O) groups excluding carboxylic acids is 1. The summed E-state index contributed by atoms with van der Waals surface area (Å²) in [5, 5.41) is 15.5. The lowest BCUT2D eigenvalue weighted by Gasteiger charge is -2.41. The van der Waals surface area contributed by atoms with Crippen molar-refractivity contribution in [1.82, 2.24) is 20.4 Å². The van der Waals surface area contributed by atoms with Crippen LogP contribution in [0.15, 0.2) is 30.3 Å². The number of ether oxygens (including phenoxy) is 1. The van der Waals surface area contributed by atoms with Crippen LogP contribution in [0, 0.1) is 0 Å². The number of benzene rings is 1. The Morgan fingerprint density at radius 3 is 2.37 bits per heavy atom. The molecule has 3 rings (SSSR count). The molecule has 0 aromatic heterocycles. The minimum Gasteiger partial charge on any atom is -0.477 e. The predicted molar refractivity (Wildman–Crippen MR) is 101 cm³/mol. The summed E-state index contributed by atoms with van der Waals surface area (Å²) in [6, 6.07) is 8.78. The number of urea groups is 1. The molecular weight excluding hydrogens is 348 g/mol. The summed E-state index contributed by atoms with van der Waals surface area (Å²) < 4.78 is 5.57. The van der Waals surface area contributed by atoms with Gasteiger partial charge in [-0.25, -0.2) is 9.59 Å². The van der Waals surface area contributed by atoms with Gasteiger partial charge in [0.05, 0.1) is 0 Å². The van der Waals surface area contributed by atoms with Gasteiger partial charge in [0.1, 0.15) is 5.75 Å². The van der Waals surface area contributed by atoms with Crippen LogP contribution in [0.4, 0.5) is 4.79 Å².